The van der Waals surface area contributed by atoms with Crippen molar-refractivity contribution in [3.63, 3.8) is 0 Å². The molecule has 7 heteroatoms. The lowest BCUT2D eigenvalue weighted by Crippen LogP contribution is -2.25. The number of hydrogen-bond donors (Lipinski definition) is 1. The van der Waals surface area contributed by atoms with Crippen LogP contribution < -0.4 is 5.32 Å². The van der Waals surface area contributed by atoms with Gasteiger partial charge in [-0.25, -0.2) is 0 Å². The Hall–Kier alpha value is -1.50. The summed E-state index contributed by atoms with van der Waals surface area (Å²) in [4.78, 5) is 12.6. The van der Waals surface area contributed by atoms with Crippen molar-refractivity contribution >= 4 is 22.2 Å². The van der Waals surface area contributed by atoms with Gasteiger partial charge in [-0.3, -0.25) is 4.79 Å². The minimum absolute atomic E-state index is 0.0894. The number of amides is 1. The summed E-state index contributed by atoms with van der Waals surface area (Å²) >= 11 is 1.49. The second kappa shape index (κ2) is 6.51. The molecule has 0 aromatic carbocycles. The second-order valence-electron chi connectivity index (χ2n) is 6.45. The number of nitrogens with zero attached hydrogens (tertiary/aromatic N) is 4. The average molecular weight is 309 g/mol. The molecule has 1 N–H and O–H groups in total. The van der Waals surface area contributed by atoms with Crippen molar-refractivity contribution in [3.8, 4) is 0 Å². The molecule has 2 aromatic heterocycles. The van der Waals surface area contributed by atoms with Crippen LogP contribution in [-0.2, 0) is 11.2 Å². The Kier molecular flexibility index (Phi) is 4.92. The van der Waals surface area contributed by atoms with E-state index in [4.69, 9.17) is 0 Å². The summed E-state index contributed by atoms with van der Waals surface area (Å²) in [6.45, 7) is 9.26. The third kappa shape index (κ3) is 4.77. The lowest BCUT2D eigenvalue weighted by molar-refractivity contribution is -0.121. The maximum absolute atomic E-state index is 11.8. The number of hydrogen-bond acceptors (Lipinski definition) is 5. The maximum atomic E-state index is 11.8. The van der Waals surface area contributed by atoms with Gasteiger partial charge in [-0.15, -0.1) is 10.2 Å². The van der Waals surface area contributed by atoms with E-state index in [0.29, 0.717) is 18.3 Å². The van der Waals surface area contributed by atoms with E-state index in [0.717, 1.165) is 35.2 Å². The van der Waals surface area contributed by atoms with Crippen LogP contribution in [0.5, 0.6) is 0 Å². The highest BCUT2D eigenvalue weighted by atomic mass is 32.1. The Bertz CT molecular complexity index is 610. The van der Waals surface area contributed by atoms with E-state index in [2.05, 4.69) is 41.4 Å². The Morgan fingerprint density at radius 2 is 2.10 bits per heavy atom. The fraction of sp³-hybridized carbons (Fsp3) is 0.714. The van der Waals surface area contributed by atoms with E-state index in [1.165, 1.54) is 11.3 Å². The zero-order chi connectivity index (χ0) is 15.5. The quantitative estimate of drug-likeness (QED) is 0.832. The lowest BCUT2D eigenvalue weighted by Gasteiger charge is -2.17. The van der Waals surface area contributed by atoms with Gasteiger partial charge >= 0.3 is 0 Å². The minimum atomic E-state index is 0.0894. The molecule has 2 aromatic rings. The fourth-order valence-corrected chi connectivity index (χ4v) is 2.89. The van der Waals surface area contributed by atoms with Gasteiger partial charge in [-0.2, -0.15) is 9.61 Å². The van der Waals surface area contributed by atoms with Gasteiger partial charge in [0.1, 0.15) is 5.01 Å². The fourth-order valence-electron chi connectivity index (χ4n) is 2.01. The molecule has 0 atom stereocenters. The van der Waals surface area contributed by atoms with Crippen LogP contribution in [0.4, 0.5) is 0 Å². The summed E-state index contributed by atoms with van der Waals surface area (Å²) in [5.41, 5.74) is 0.326. The number of fused-ring (bicyclic) bond motifs is 1. The van der Waals surface area contributed by atoms with Crippen LogP contribution in [0.2, 0.25) is 0 Å². The molecule has 0 aliphatic rings. The molecule has 0 saturated heterocycles. The van der Waals surface area contributed by atoms with Crippen molar-refractivity contribution in [2.45, 2.75) is 53.4 Å². The van der Waals surface area contributed by atoms with Crippen LogP contribution in [0, 0.1) is 12.3 Å². The van der Waals surface area contributed by atoms with Crippen molar-refractivity contribution in [3.05, 3.63) is 10.8 Å². The van der Waals surface area contributed by atoms with E-state index in [-0.39, 0.29) is 5.91 Å². The van der Waals surface area contributed by atoms with Gasteiger partial charge in [0.25, 0.3) is 0 Å². The molecular formula is C14H23N5OS. The third-order valence-electron chi connectivity index (χ3n) is 3.18. The molecule has 2 heterocycles. The molecule has 0 radical (unpaired) electrons. The summed E-state index contributed by atoms with van der Waals surface area (Å²) in [6.07, 6.45) is 3.26. The van der Waals surface area contributed by atoms with E-state index < -0.39 is 0 Å². The van der Waals surface area contributed by atoms with Crippen LogP contribution in [0.1, 0.15) is 50.9 Å². The first-order chi connectivity index (χ1) is 9.85. The molecule has 0 saturated carbocycles. The number of aryl methyl sites for hydroxylation is 2. The second-order valence-corrected chi connectivity index (χ2v) is 7.49. The van der Waals surface area contributed by atoms with Crippen LogP contribution in [-0.4, -0.2) is 32.3 Å². The van der Waals surface area contributed by atoms with Gasteiger partial charge in [0.05, 0.1) is 0 Å². The number of aromatic nitrogens is 4. The van der Waals surface area contributed by atoms with E-state index in [1.54, 1.807) is 4.52 Å². The van der Waals surface area contributed by atoms with Gasteiger partial charge in [-0.1, -0.05) is 32.1 Å². The highest BCUT2D eigenvalue weighted by molar-refractivity contribution is 7.16. The molecule has 0 fully saturated rings. The van der Waals surface area contributed by atoms with Crippen molar-refractivity contribution in [1.82, 2.24) is 25.1 Å². The zero-order valence-corrected chi connectivity index (χ0v) is 14.0. The minimum Gasteiger partial charge on any atom is -0.356 e. The number of carbonyl (C=O) groups is 1. The van der Waals surface area contributed by atoms with Crippen molar-refractivity contribution in [2.75, 3.05) is 6.54 Å². The Labute approximate surface area is 129 Å². The largest absolute Gasteiger partial charge is 0.356 e. The maximum Gasteiger partial charge on any atom is 0.234 e. The standard InChI is InChI=1S/C14H23N5OS/c1-10-16-17-13-19(10)18-12(21-13)7-6-11(20)15-9-5-8-14(2,3)4/h5-9H2,1-4H3,(H,15,20). The summed E-state index contributed by atoms with van der Waals surface area (Å²) in [7, 11) is 0. The molecule has 0 aliphatic carbocycles. The first kappa shape index (κ1) is 15.9. The Balaban J connectivity index is 1.71. The number of carbonyl (C=O) groups excluding carboxylic acids is 1. The van der Waals surface area contributed by atoms with Crippen LogP contribution in [0.3, 0.4) is 0 Å². The van der Waals surface area contributed by atoms with Gasteiger partial charge in [0.15, 0.2) is 5.82 Å². The zero-order valence-electron chi connectivity index (χ0n) is 13.1. The molecule has 0 aliphatic heterocycles. The summed E-state index contributed by atoms with van der Waals surface area (Å²) in [5.74, 6) is 0.866. The predicted molar refractivity (Wildman–Crippen MR) is 83.4 cm³/mol. The summed E-state index contributed by atoms with van der Waals surface area (Å²) < 4.78 is 1.72. The molecule has 116 valence electrons. The van der Waals surface area contributed by atoms with Crippen LogP contribution in [0.15, 0.2) is 0 Å². The SMILES string of the molecule is Cc1nnc2sc(CCC(=O)NCCCC(C)(C)C)nn12. The van der Waals surface area contributed by atoms with Crippen LogP contribution >= 0.6 is 11.3 Å². The first-order valence-corrected chi connectivity index (χ1v) is 8.11. The lowest BCUT2D eigenvalue weighted by atomic mass is 9.91. The Morgan fingerprint density at radius 1 is 1.33 bits per heavy atom. The molecule has 1 amide bonds. The van der Waals surface area contributed by atoms with Gasteiger partial charge in [0.2, 0.25) is 10.9 Å². The highest BCUT2D eigenvalue weighted by Gasteiger charge is 2.11. The molecule has 21 heavy (non-hydrogen) atoms. The molecule has 0 spiro atoms. The summed E-state index contributed by atoms with van der Waals surface area (Å²) in [6, 6.07) is 0. The smallest absolute Gasteiger partial charge is 0.234 e. The van der Waals surface area contributed by atoms with E-state index in [1.807, 2.05) is 6.92 Å². The topological polar surface area (TPSA) is 72.2 Å². The van der Waals surface area contributed by atoms with Crippen LogP contribution in [0.25, 0.3) is 4.96 Å². The monoisotopic (exact) mass is 309 g/mol. The Morgan fingerprint density at radius 3 is 2.76 bits per heavy atom. The highest BCUT2D eigenvalue weighted by Crippen LogP contribution is 2.19. The number of nitrogens with one attached hydrogen (secondary N) is 1. The number of rotatable bonds is 6. The van der Waals surface area contributed by atoms with Gasteiger partial charge in [-0.05, 0) is 25.2 Å². The van der Waals surface area contributed by atoms with E-state index in [9.17, 15) is 4.79 Å². The van der Waals surface area contributed by atoms with Crippen molar-refractivity contribution in [2.24, 2.45) is 5.41 Å². The molecular weight excluding hydrogens is 286 g/mol. The summed E-state index contributed by atoms with van der Waals surface area (Å²) in [5, 5.41) is 16.3. The van der Waals surface area contributed by atoms with E-state index >= 15 is 0 Å². The van der Waals surface area contributed by atoms with Crippen molar-refractivity contribution < 1.29 is 4.79 Å². The average Bonchev–Trinajstić information content (AvgIpc) is 2.94. The molecule has 2 rings (SSSR count). The third-order valence-corrected chi connectivity index (χ3v) is 4.14. The van der Waals surface area contributed by atoms with Gasteiger partial charge in [0, 0.05) is 19.4 Å². The predicted octanol–water partition coefficient (Wildman–Crippen LogP) is 2.37. The van der Waals surface area contributed by atoms with Crippen molar-refractivity contribution in [1.29, 1.82) is 0 Å². The van der Waals surface area contributed by atoms with Gasteiger partial charge < -0.3 is 5.32 Å². The molecule has 6 nitrogen and oxygen atoms in total. The molecule has 0 bridgehead atoms. The molecule has 0 unspecified atom stereocenters. The first-order valence-electron chi connectivity index (χ1n) is 7.29. The normalized spacial score (nSPS) is 12.0.